The Morgan fingerprint density at radius 2 is 1.85 bits per heavy atom. The standard InChI is InChI=1S/C18H21Cl2N5O2/c1-10(2)8-21-17-22-15-14(23(17)3)16(26)25(18(27)24(15)4)9-11-7-12(19)5-6-13(11)20/h5-7,10H,8-9H2,1-4H3,(H,21,22). The van der Waals surface area contributed by atoms with Crippen LogP contribution in [0.4, 0.5) is 5.95 Å². The van der Waals surface area contributed by atoms with E-state index >= 15 is 0 Å². The van der Waals surface area contributed by atoms with Gasteiger partial charge in [-0.15, -0.1) is 0 Å². The molecule has 0 amide bonds. The number of imidazole rings is 1. The Kier molecular flexibility index (Phi) is 5.35. The van der Waals surface area contributed by atoms with Gasteiger partial charge in [0.25, 0.3) is 5.56 Å². The van der Waals surface area contributed by atoms with Gasteiger partial charge in [0.2, 0.25) is 5.95 Å². The van der Waals surface area contributed by atoms with Crippen LogP contribution in [0.15, 0.2) is 27.8 Å². The lowest BCUT2D eigenvalue weighted by Crippen LogP contribution is -2.39. The van der Waals surface area contributed by atoms with Crippen molar-refractivity contribution in [1.82, 2.24) is 18.7 Å². The first-order valence-electron chi connectivity index (χ1n) is 8.54. The third kappa shape index (κ3) is 3.61. The maximum absolute atomic E-state index is 13.1. The van der Waals surface area contributed by atoms with Crippen LogP contribution in [-0.4, -0.2) is 25.2 Å². The number of halogens is 2. The summed E-state index contributed by atoms with van der Waals surface area (Å²) in [6.07, 6.45) is 0. The Hall–Kier alpha value is -2.25. The van der Waals surface area contributed by atoms with Crippen LogP contribution in [0, 0.1) is 5.92 Å². The molecule has 27 heavy (non-hydrogen) atoms. The quantitative estimate of drug-likeness (QED) is 0.702. The lowest BCUT2D eigenvalue weighted by Gasteiger charge is -2.10. The summed E-state index contributed by atoms with van der Waals surface area (Å²) in [5.41, 5.74) is 0.408. The van der Waals surface area contributed by atoms with Crippen LogP contribution in [0.2, 0.25) is 10.0 Å². The molecule has 3 rings (SSSR count). The average molecular weight is 410 g/mol. The molecule has 2 heterocycles. The lowest BCUT2D eigenvalue weighted by molar-refractivity contribution is 0.655. The maximum atomic E-state index is 13.1. The molecule has 1 N–H and O–H groups in total. The molecule has 9 heteroatoms. The van der Waals surface area contributed by atoms with Crippen LogP contribution in [0.1, 0.15) is 19.4 Å². The van der Waals surface area contributed by atoms with Crippen LogP contribution in [0.3, 0.4) is 0 Å². The van der Waals surface area contributed by atoms with Crippen molar-refractivity contribution in [1.29, 1.82) is 0 Å². The van der Waals surface area contributed by atoms with E-state index in [0.29, 0.717) is 45.2 Å². The van der Waals surface area contributed by atoms with E-state index in [0.717, 1.165) is 4.57 Å². The zero-order chi connectivity index (χ0) is 19.9. The van der Waals surface area contributed by atoms with Crippen molar-refractivity contribution in [3.63, 3.8) is 0 Å². The van der Waals surface area contributed by atoms with Crippen LogP contribution in [0.5, 0.6) is 0 Å². The van der Waals surface area contributed by atoms with Gasteiger partial charge in [0.15, 0.2) is 11.2 Å². The fourth-order valence-corrected chi connectivity index (χ4v) is 3.24. The molecule has 7 nitrogen and oxygen atoms in total. The fraction of sp³-hybridized carbons (Fsp3) is 0.389. The van der Waals surface area contributed by atoms with Gasteiger partial charge in [-0.1, -0.05) is 37.0 Å². The third-order valence-corrected chi connectivity index (χ3v) is 4.97. The van der Waals surface area contributed by atoms with Gasteiger partial charge < -0.3 is 9.88 Å². The highest BCUT2D eigenvalue weighted by Gasteiger charge is 2.19. The molecule has 144 valence electrons. The van der Waals surface area contributed by atoms with Crippen molar-refractivity contribution >= 4 is 40.3 Å². The predicted octanol–water partition coefficient (Wildman–Crippen LogP) is 2.86. The fourth-order valence-electron chi connectivity index (χ4n) is 2.87. The Bertz CT molecular complexity index is 1130. The summed E-state index contributed by atoms with van der Waals surface area (Å²) in [7, 11) is 3.35. The molecular formula is C18H21Cl2N5O2. The van der Waals surface area contributed by atoms with Crippen molar-refractivity contribution < 1.29 is 0 Å². The molecule has 0 aliphatic carbocycles. The van der Waals surface area contributed by atoms with Gasteiger partial charge in [0.05, 0.1) is 6.54 Å². The number of benzene rings is 1. The number of fused-ring (bicyclic) bond motifs is 1. The van der Waals surface area contributed by atoms with Crippen molar-refractivity contribution in [3.8, 4) is 0 Å². The average Bonchev–Trinajstić information content (AvgIpc) is 2.94. The molecule has 1 aromatic carbocycles. The van der Waals surface area contributed by atoms with E-state index in [-0.39, 0.29) is 6.54 Å². The summed E-state index contributed by atoms with van der Waals surface area (Å²) < 4.78 is 4.19. The highest BCUT2D eigenvalue weighted by Crippen LogP contribution is 2.21. The molecule has 0 aliphatic heterocycles. The van der Waals surface area contributed by atoms with Gasteiger partial charge in [-0.3, -0.25) is 13.9 Å². The van der Waals surface area contributed by atoms with E-state index in [1.54, 1.807) is 36.9 Å². The van der Waals surface area contributed by atoms with Gasteiger partial charge in [-0.2, -0.15) is 4.98 Å². The molecular weight excluding hydrogens is 389 g/mol. The van der Waals surface area contributed by atoms with Crippen molar-refractivity contribution in [3.05, 3.63) is 54.6 Å². The number of nitrogens with zero attached hydrogens (tertiary/aromatic N) is 4. The number of rotatable bonds is 5. The number of hydrogen-bond donors (Lipinski definition) is 1. The molecule has 0 spiro atoms. The largest absolute Gasteiger partial charge is 0.355 e. The minimum Gasteiger partial charge on any atom is -0.355 e. The molecule has 0 fully saturated rings. The van der Waals surface area contributed by atoms with Gasteiger partial charge in [-0.05, 0) is 29.7 Å². The topological polar surface area (TPSA) is 73.8 Å². The van der Waals surface area contributed by atoms with E-state index in [1.807, 2.05) is 0 Å². The monoisotopic (exact) mass is 409 g/mol. The predicted molar refractivity (Wildman–Crippen MR) is 109 cm³/mol. The molecule has 0 unspecified atom stereocenters. The molecule has 0 radical (unpaired) electrons. The van der Waals surface area contributed by atoms with E-state index in [2.05, 4.69) is 24.1 Å². The van der Waals surface area contributed by atoms with Crippen LogP contribution < -0.4 is 16.6 Å². The highest BCUT2D eigenvalue weighted by molar-refractivity contribution is 6.33. The number of hydrogen-bond acceptors (Lipinski definition) is 4. The van der Waals surface area contributed by atoms with Crippen molar-refractivity contribution in [2.75, 3.05) is 11.9 Å². The minimum atomic E-state index is -0.461. The normalized spacial score (nSPS) is 11.5. The smallest absolute Gasteiger partial charge is 0.332 e. The summed E-state index contributed by atoms with van der Waals surface area (Å²) in [5.74, 6) is 0.958. The number of nitrogens with one attached hydrogen (secondary N) is 1. The van der Waals surface area contributed by atoms with Crippen molar-refractivity contribution in [2.45, 2.75) is 20.4 Å². The van der Waals surface area contributed by atoms with Crippen molar-refractivity contribution in [2.24, 2.45) is 20.0 Å². The molecule has 0 saturated carbocycles. The zero-order valence-corrected chi connectivity index (χ0v) is 17.1. The highest BCUT2D eigenvalue weighted by atomic mass is 35.5. The summed E-state index contributed by atoms with van der Waals surface area (Å²) >= 11 is 12.2. The Morgan fingerprint density at radius 3 is 2.52 bits per heavy atom. The molecule has 3 aromatic rings. The first kappa shape index (κ1) is 19.5. The molecule has 0 atom stereocenters. The third-order valence-electron chi connectivity index (χ3n) is 4.36. The second-order valence-corrected chi connectivity index (χ2v) is 7.75. The molecule has 0 aliphatic rings. The minimum absolute atomic E-state index is 0.0285. The Labute approximate surface area is 166 Å². The van der Waals surface area contributed by atoms with Crippen LogP contribution in [-0.2, 0) is 20.6 Å². The second kappa shape index (κ2) is 7.40. The molecule has 0 bridgehead atoms. The second-order valence-electron chi connectivity index (χ2n) is 6.91. The summed E-state index contributed by atoms with van der Waals surface area (Å²) in [6.45, 7) is 4.89. The summed E-state index contributed by atoms with van der Waals surface area (Å²) in [4.78, 5) is 30.3. The van der Waals surface area contributed by atoms with E-state index in [1.165, 1.54) is 4.57 Å². The maximum Gasteiger partial charge on any atom is 0.332 e. The number of aromatic nitrogens is 4. The van der Waals surface area contributed by atoms with Crippen LogP contribution in [0.25, 0.3) is 11.2 Å². The van der Waals surface area contributed by atoms with Crippen LogP contribution >= 0.6 is 23.2 Å². The number of aryl methyl sites for hydroxylation is 2. The first-order valence-corrected chi connectivity index (χ1v) is 9.30. The number of anilines is 1. The Balaban J connectivity index is 2.17. The van der Waals surface area contributed by atoms with Gasteiger partial charge in [-0.25, -0.2) is 4.79 Å². The van der Waals surface area contributed by atoms with E-state index in [4.69, 9.17) is 23.2 Å². The van der Waals surface area contributed by atoms with Gasteiger partial charge in [0.1, 0.15) is 0 Å². The molecule has 0 saturated heterocycles. The summed E-state index contributed by atoms with van der Waals surface area (Å²) in [6, 6.07) is 4.95. The first-order chi connectivity index (χ1) is 12.7. The SMILES string of the molecule is CC(C)CNc1nc2c(c(=O)n(Cc3cc(Cl)ccc3Cl)c(=O)n2C)n1C. The molecule has 2 aromatic heterocycles. The summed E-state index contributed by atoms with van der Waals surface area (Å²) in [5, 5.41) is 4.14. The lowest BCUT2D eigenvalue weighted by atomic mass is 10.2. The van der Waals surface area contributed by atoms with E-state index in [9.17, 15) is 9.59 Å². The van der Waals surface area contributed by atoms with Gasteiger partial charge >= 0.3 is 5.69 Å². The zero-order valence-electron chi connectivity index (χ0n) is 15.6. The van der Waals surface area contributed by atoms with Gasteiger partial charge in [0, 0.05) is 30.7 Å². The Morgan fingerprint density at radius 1 is 1.15 bits per heavy atom. The van der Waals surface area contributed by atoms with E-state index < -0.39 is 11.2 Å².